The van der Waals surface area contributed by atoms with Gasteiger partial charge in [-0.25, -0.2) is 4.39 Å². The molecule has 2 N–H and O–H groups in total. The topological polar surface area (TPSA) is 26.0 Å². The summed E-state index contributed by atoms with van der Waals surface area (Å²) >= 11 is 5.83. The van der Waals surface area contributed by atoms with E-state index in [1.165, 1.54) is 0 Å². The summed E-state index contributed by atoms with van der Waals surface area (Å²) in [5.74, 6) is -0.752. The number of alkyl halides is 3. The summed E-state index contributed by atoms with van der Waals surface area (Å²) in [6.07, 6.45) is -4.34. The van der Waals surface area contributed by atoms with Crippen LogP contribution in [0.25, 0.3) is 0 Å². The van der Waals surface area contributed by atoms with Gasteiger partial charge in [-0.3, -0.25) is 0 Å². The monoisotopic (exact) mass is 317 g/mol. The van der Waals surface area contributed by atoms with Crippen molar-refractivity contribution in [3.63, 3.8) is 0 Å². The third kappa shape index (κ3) is 3.95. The fourth-order valence-electron chi connectivity index (χ4n) is 2.03. The molecule has 1 unspecified atom stereocenters. The minimum absolute atomic E-state index is 0.162. The summed E-state index contributed by atoms with van der Waals surface area (Å²) in [7, 11) is 0. The Morgan fingerprint density at radius 1 is 1.10 bits per heavy atom. The highest BCUT2D eigenvalue weighted by molar-refractivity contribution is 6.30. The molecule has 0 radical (unpaired) electrons. The van der Waals surface area contributed by atoms with Crippen LogP contribution in [0.2, 0.25) is 5.02 Å². The number of halogens is 5. The number of nitrogens with two attached hydrogens (primary N) is 1. The van der Waals surface area contributed by atoms with Crippen LogP contribution in [0.3, 0.4) is 0 Å². The lowest BCUT2D eigenvalue weighted by Gasteiger charge is -2.16. The Balaban J connectivity index is 2.28. The van der Waals surface area contributed by atoms with Crippen LogP contribution in [0.5, 0.6) is 0 Å². The molecule has 21 heavy (non-hydrogen) atoms. The van der Waals surface area contributed by atoms with Crippen LogP contribution in [-0.4, -0.2) is 0 Å². The van der Waals surface area contributed by atoms with Gasteiger partial charge >= 0.3 is 6.18 Å². The van der Waals surface area contributed by atoms with E-state index in [9.17, 15) is 17.6 Å². The first-order chi connectivity index (χ1) is 9.77. The van der Waals surface area contributed by atoms with Crippen LogP contribution < -0.4 is 5.73 Å². The Bertz CT molecular complexity index is 640. The molecule has 2 aromatic carbocycles. The standard InChI is InChI=1S/C15H12ClF4N/c16-11-3-1-2-9(6-11)7-14(21)12-8-10(15(18,19)20)4-5-13(12)17/h1-6,8,14H,7,21H2. The van der Waals surface area contributed by atoms with Crippen molar-refractivity contribution >= 4 is 11.6 Å². The predicted molar refractivity (Wildman–Crippen MR) is 73.5 cm³/mol. The summed E-state index contributed by atoms with van der Waals surface area (Å²) in [6, 6.07) is 8.11. The second-order valence-electron chi connectivity index (χ2n) is 4.67. The molecule has 0 aliphatic carbocycles. The van der Waals surface area contributed by atoms with E-state index >= 15 is 0 Å². The SMILES string of the molecule is NC(Cc1cccc(Cl)c1)c1cc(C(F)(F)F)ccc1F. The molecule has 6 heteroatoms. The van der Waals surface area contributed by atoms with Gasteiger partial charge in [-0.05, 0) is 42.3 Å². The minimum Gasteiger partial charge on any atom is -0.324 e. The molecule has 0 heterocycles. The molecule has 0 bridgehead atoms. The molecule has 0 amide bonds. The molecular weight excluding hydrogens is 306 g/mol. The highest BCUT2D eigenvalue weighted by Crippen LogP contribution is 2.32. The molecule has 0 aliphatic heterocycles. The molecule has 1 atom stereocenters. The fourth-order valence-corrected chi connectivity index (χ4v) is 2.24. The van der Waals surface area contributed by atoms with Gasteiger partial charge in [0.05, 0.1) is 5.56 Å². The molecule has 0 fully saturated rings. The van der Waals surface area contributed by atoms with Gasteiger partial charge in [0.15, 0.2) is 0 Å². The van der Waals surface area contributed by atoms with E-state index < -0.39 is 23.6 Å². The first-order valence-corrected chi connectivity index (χ1v) is 6.52. The molecule has 0 saturated heterocycles. The summed E-state index contributed by atoms with van der Waals surface area (Å²) in [5.41, 5.74) is 5.49. The zero-order valence-corrected chi connectivity index (χ0v) is 11.5. The summed E-state index contributed by atoms with van der Waals surface area (Å²) in [4.78, 5) is 0. The van der Waals surface area contributed by atoms with Crippen LogP contribution >= 0.6 is 11.6 Å². The molecule has 1 nitrogen and oxygen atoms in total. The number of hydrogen-bond acceptors (Lipinski definition) is 1. The van der Waals surface area contributed by atoms with E-state index in [1.54, 1.807) is 24.3 Å². The maximum Gasteiger partial charge on any atom is 0.416 e. The quantitative estimate of drug-likeness (QED) is 0.813. The van der Waals surface area contributed by atoms with Gasteiger partial charge in [0.25, 0.3) is 0 Å². The smallest absolute Gasteiger partial charge is 0.324 e. The van der Waals surface area contributed by atoms with Gasteiger partial charge in [0, 0.05) is 16.6 Å². The summed E-state index contributed by atoms with van der Waals surface area (Å²) in [5, 5.41) is 0.490. The summed E-state index contributed by atoms with van der Waals surface area (Å²) in [6.45, 7) is 0. The van der Waals surface area contributed by atoms with Crippen LogP contribution in [0.15, 0.2) is 42.5 Å². The van der Waals surface area contributed by atoms with Crippen molar-refractivity contribution in [2.45, 2.75) is 18.6 Å². The Hall–Kier alpha value is -1.59. The molecular formula is C15H12ClF4N. The van der Waals surface area contributed by atoms with Gasteiger partial charge in [0.2, 0.25) is 0 Å². The lowest BCUT2D eigenvalue weighted by atomic mass is 9.97. The van der Waals surface area contributed by atoms with Crippen LogP contribution in [-0.2, 0) is 12.6 Å². The second-order valence-corrected chi connectivity index (χ2v) is 5.11. The zero-order chi connectivity index (χ0) is 15.6. The van der Waals surface area contributed by atoms with Gasteiger partial charge < -0.3 is 5.73 Å². The summed E-state index contributed by atoms with van der Waals surface area (Å²) < 4.78 is 51.7. The van der Waals surface area contributed by atoms with E-state index in [-0.39, 0.29) is 12.0 Å². The number of hydrogen-bond donors (Lipinski definition) is 1. The van der Waals surface area contributed by atoms with Crippen molar-refractivity contribution in [1.82, 2.24) is 0 Å². The lowest BCUT2D eigenvalue weighted by molar-refractivity contribution is -0.137. The Morgan fingerprint density at radius 3 is 2.43 bits per heavy atom. The van der Waals surface area contributed by atoms with Crippen LogP contribution in [0.1, 0.15) is 22.7 Å². The van der Waals surface area contributed by atoms with Crippen molar-refractivity contribution in [3.8, 4) is 0 Å². The second kappa shape index (κ2) is 6.03. The normalized spacial score (nSPS) is 13.2. The minimum atomic E-state index is -4.53. The maximum absolute atomic E-state index is 13.7. The molecule has 112 valence electrons. The van der Waals surface area contributed by atoms with Gasteiger partial charge in [0.1, 0.15) is 5.82 Å². The van der Waals surface area contributed by atoms with E-state index in [0.29, 0.717) is 11.1 Å². The maximum atomic E-state index is 13.7. The molecule has 0 saturated carbocycles. The first-order valence-electron chi connectivity index (χ1n) is 6.14. The number of rotatable bonds is 3. The van der Waals surface area contributed by atoms with Gasteiger partial charge in [-0.1, -0.05) is 23.7 Å². The molecule has 2 rings (SSSR count). The van der Waals surface area contributed by atoms with Crippen LogP contribution in [0.4, 0.5) is 17.6 Å². The van der Waals surface area contributed by atoms with Crippen molar-refractivity contribution in [3.05, 3.63) is 70.0 Å². The average Bonchev–Trinajstić information content (AvgIpc) is 2.37. The van der Waals surface area contributed by atoms with Crippen molar-refractivity contribution in [2.24, 2.45) is 5.73 Å². The van der Waals surface area contributed by atoms with Crippen molar-refractivity contribution < 1.29 is 17.6 Å². The predicted octanol–water partition coefficient (Wildman–Crippen LogP) is 4.74. The Morgan fingerprint density at radius 2 is 1.81 bits per heavy atom. The third-order valence-corrected chi connectivity index (χ3v) is 3.30. The van der Waals surface area contributed by atoms with Crippen molar-refractivity contribution in [2.75, 3.05) is 0 Å². The van der Waals surface area contributed by atoms with Crippen LogP contribution in [0, 0.1) is 5.82 Å². The first kappa shape index (κ1) is 15.8. The van der Waals surface area contributed by atoms with Gasteiger partial charge in [-0.2, -0.15) is 13.2 Å². The van der Waals surface area contributed by atoms with Gasteiger partial charge in [-0.15, -0.1) is 0 Å². The van der Waals surface area contributed by atoms with E-state index in [0.717, 1.165) is 17.7 Å². The van der Waals surface area contributed by atoms with E-state index in [2.05, 4.69) is 0 Å². The molecule has 0 aromatic heterocycles. The van der Waals surface area contributed by atoms with Crippen molar-refractivity contribution in [1.29, 1.82) is 0 Å². The fraction of sp³-hybridized carbons (Fsp3) is 0.200. The number of benzene rings is 2. The highest BCUT2D eigenvalue weighted by atomic mass is 35.5. The Kier molecular flexibility index (Phi) is 4.54. The lowest BCUT2D eigenvalue weighted by Crippen LogP contribution is -2.17. The van der Waals surface area contributed by atoms with E-state index in [4.69, 9.17) is 17.3 Å². The molecule has 0 aliphatic rings. The average molecular weight is 318 g/mol. The zero-order valence-electron chi connectivity index (χ0n) is 10.8. The third-order valence-electron chi connectivity index (χ3n) is 3.07. The Labute approximate surface area is 124 Å². The highest BCUT2D eigenvalue weighted by Gasteiger charge is 2.31. The largest absolute Gasteiger partial charge is 0.416 e. The van der Waals surface area contributed by atoms with E-state index in [1.807, 2.05) is 0 Å². The molecule has 0 spiro atoms. The molecule has 2 aromatic rings.